The van der Waals surface area contributed by atoms with E-state index in [2.05, 4.69) is 4.98 Å². The van der Waals surface area contributed by atoms with Crippen LogP contribution in [0.4, 0.5) is 10.1 Å². The second-order valence-corrected chi connectivity index (χ2v) is 8.13. The fourth-order valence-corrected chi connectivity index (χ4v) is 4.24. The average molecular weight is 447 g/mol. The molecule has 2 aromatic carbocycles. The Labute approximate surface area is 190 Å². The highest BCUT2D eigenvalue weighted by Gasteiger charge is 2.25. The van der Waals surface area contributed by atoms with Crippen molar-refractivity contribution < 1.29 is 9.18 Å². The maximum atomic E-state index is 14.2. The number of aromatic nitrogens is 2. The summed E-state index contributed by atoms with van der Waals surface area (Å²) in [5, 5.41) is 1.26. The van der Waals surface area contributed by atoms with E-state index in [4.69, 9.17) is 16.6 Å². The molecule has 1 amide bonds. The van der Waals surface area contributed by atoms with Gasteiger partial charge >= 0.3 is 0 Å². The highest BCUT2D eigenvalue weighted by atomic mass is 35.5. The normalized spacial score (nSPS) is 14.1. The van der Waals surface area contributed by atoms with E-state index in [1.54, 1.807) is 47.6 Å². The fourth-order valence-electron chi connectivity index (χ4n) is 4.07. The van der Waals surface area contributed by atoms with Gasteiger partial charge in [0.25, 0.3) is 5.91 Å². The molecule has 0 saturated carbocycles. The first-order valence-electron chi connectivity index (χ1n) is 10.4. The number of para-hydroxylation sites is 1. The lowest BCUT2D eigenvalue weighted by atomic mass is 10.0. The fraction of sp³-hybridized carbons (Fsp3) is 0.160. The van der Waals surface area contributed by atoms with Crippen LogP contribution in [0.2, 0.25) is 5.02 Å². The lowest BCUT2D eigenvalue weighted by Crippen LogP contribution is -2.49. The van der Waals surface area contributed by atoms with Gasteiger partial charge in [-0.15, -0.1) is 0 Å². The Balaban J connectivity index is 1.47. The number of anilines is 1. The minimum absolute atomic E-state index is 0.0852. The van der Waals surface area contributed by atoms with Gasteiger partial charge in [0, 0.05) is 54.5 Å². The molecule has 160 valence electrons. The van der Waals surface area contributed by atoms with Gasteiger partial charge in [-0.3, -0.25) is 9.78 Å². The van der Waals surface area contributed by atoms with E-state index in [-0.39, 0.29) is 11.7 Å². The van der Waals surface area contributed by atoms with Crippen molar-refractivity contribution in [3.05, 3.63) is 89.5 Å². The van der Waals surface area contributed by atoms with Crippen molar-refractivity contribution in [2.24, 2.45) is 0 Å². The molecule has 1 saturated heterocycles. The molecule has 1 aliphatic heterocycles. The number of fused-ring (bicyclic) bond motifs is 1. The van der Waals surface area contributed by atoms with E-state index in [1.165, 1.54) is 6.07 Å². The molecule has 1 aliphatic rings. The van der Waals surface area contributed by atoms with Gasteiger partial charge in [-0.1, -0.05) is 23.7 Å². The molecule has 2 aromatic heterocycles. The summed E-state index contributed by atoms with van der Waals surface area (Å²) < 4.78 is 14.2. The molecule has 0 N–H and O–H groups in total. The maximum Gasteiger partial charge on any atom is 0.254 e. The zero-order valence-electron chi connectivity index (χ0n) is 17.2. The molecule has 4 aromatic rings. The van der Waals surface area contributed by atoms with Crippen molar-refractivity contribution in [3.63, 3.8) is 0 Å². The Morgan fingerprint density at radius 3 is 2.53 bits per heavy atom. The average Bonchev–Trinajstić information content (AvgIpc) is 2.84. The lowest BCUT2D eigenvalue weighted by Gasteiger charge is -2.36. The zero-order valence-corrected chi connectivity index (χ0v) is 18.0. The van der Waals surface area contributed by atoms with Crippen LogP contribution < -0.4 is 4.90 Å². The Morgan fingerprint density at radius 2 is 1.78 bits per heavy atom. The number of carbonyl (C=O) groups excluding carboxylic acids is 1. The second-order valence-electron chi connectivity index (χ2n) is 7.69. The monoisotopic (exact) mass is 446 g/mol. The van der Waals surface area contributed by atoms with Gasteiger partial charge in [-0.25, -0.2) is 9.37 Å². The third-order valence-corrected chi connectivity index (χ3v) is 5.95. The molecule has 0 atom stereocenters. The smallest absolute Gasteiger partial charge is 0.254 e. The van der Waals surface area contributed by atoms with E-state index < -0.39 is 0 Å². The van der Waals surface area contributed by atoms with Gasteiger partial charge < -0.3 is 9.80 Å². The first kappa shape index (κ1) is 20.4. The predicted octanol–water partition coefficient (Wildman–Crippen LogP) is 5.05. The standard InChI is InChI=1S/C25H20ClFN4O/c26-18-7-8-22-19(14-18)20(15-23(29-22)17-4-3-9-28-16-17)25(32)31-12-10-30(11-13-31)24-6-2-1-5-21(24)27/h1-9,14-16H,10-13H2. The summed E-state index contributed by atoms with van der Waals surface area (Å²) >= 11 is 6.23. The van der Waals surface area contributed by atoms with Gasteiger partial charge in [0.15, 0.2) is 0 Å². The third-order valence-electron chi connectivity index (χ3n) is 5.72. The summed E-state index contributed by atoms with van der Waals surface area (Å²) in [6.45, 7) is 2.12. The summed E-state index contributed by atoms with van der Waals surface area (Å²) in [5.74, 6) is -0.332. The van der Waals surface area contributed by atoms with Gasteiger partial charge in [-0.05, 0) is 48.5 Å². The molecule has 5 rings (SSSR count). The molecule has 0 spiro atoms. The van der Waals surface area contributed by atoms with E-state index in [9.17, 15) is 9.18 Å². The van der Waals surface area contributed by atoms with Gasteiger partial charge in [-0.2, -0.15) is 0 Å². The van der Waals surface area contributed by atoms with E-state index >= 15 is 0 Å². The summed E-state index contributed by atoms with van der Waals surface area (Å²) in [6, 6.07) is 17.7. The molecule has 3 heterocycles. The molecule has 32 heavy (non-hydrogen) atoms. The largest absolute Gasteiger partial charge is 0.366 e. The molecule has 0 unspecified atom stereocenters. The SMILES string of the molecule is O=C(c1cc(-c2cccnc2)nc2ccc(Cl)cc12)N1CCN(c2ccccc2F)CC1. The maximum absolute atomic E-state index is 14.2. The van der Waals surface area contributed by atoms with Crippen molar-refractivity contribution >= 4 is 34.1 Å². The van der Waals surface area contributed by atoms with E-state index in [1.807, 2.05) is 29.2 Å². The van der Waals surface area contributed by atoms with Gasteiger partial charge in [0.05, 0.1) is 22.5 Å². The van der Waals surface area contributed by atoms with Crippen LogP contribution in [0.5, 0.6) is 0 Å². The van der Waals surface area contributed by atoms with Crippen LogP contribution in [0.25, 0.3) is 22.2 Å². The number of pyridine rings is 2. The number of hydrogen-bond donors (Lipinski definition) is 0. The van der Waals surface area contributed by atoms with Crippen LogP contribution in [0.15, 0.2) is 73.1 Å². The van der Waals surface area contributed by atoms with Crippen LogP contribution in [0.1, 0.15) is 10.4 Å². The molecule has 0 aliphatic carbocycles. The predicted molar refractivity (Wildman–Crippen MR) is 125 cm³/mol. The number of halogens is 2. The summed E-state index contributed by atoms with van der Waals surface area (Å²) in [6.07, 6.45) is 3.43. The Bertz CT molecular complexity index is 1290. The third kappa shape index (κ3) is 3.89. The van der Waals surface area contributed by atoms with Crippen LogP contribution in [0.3, 0.4) is 0 Å². The van der Waals surface area contributed by atoms with E-state index in [0.717, 1.165) is 5.56 Å². The van der Waals surface area contributed by atoms with Crippen molar-refractivity contribution in [2.75, 3.05) is 31.1 Å². The quantitative estimate of drug-likeness (QED) is 0.442. The number of amides is 1. The molecule has 0 bridgehead atoms. The van der Waals surface area contributed by atoms with Gasteiger partial charge in [0.1, 0.15) is 5.82 Å². The molecule has 1 fully saturated rings. The topological polar surface area (TPSA) is 49.3 Å². The second kappa shape index (κ2) is 8.55. The van der Waals surface area contributed by atoms with Crippen LogP contribution in [-0.4, -0.2) is 47.0 Å². The number of nitrogens with zero attached hydrogens (tertiary/aromatic N) is 4. The number of benzene rings is 2. The zero-order chi connectivity index (χ0) is 22.1. The number of carbonyl (C=O) groups is 1. The van der Waals surface area contributed by atoms with Crippen molar-refractivity contribution in [3.8, 4) is 11.3 Å². The number of piperazine rings is 1. The summed E-state index contributed by atoms with van der Waals surface area (Å²) in [7, 11) is 0. The minimum atomic E-state index is -0.247. The minimum Gasteiger partial charge on any atom is -0.366 e. The Kier molecular flexibility index (Phi) is 5.45. The van der Waals surface area contributed by atoms with Crippen molar-refractivity contribution in [2.45, 2.75) is 0 Å². The molecular formula is C25H20ClFN4O. The molecular weight excluding hydrogens is 427 g/mol. The van der Waals surface area contributed by atoms with Gasteiger partial charge in [0.2, 0.25) is 0 Å². The summed E-state index contributed by atoms with van der Waals surface area (Å²) in [5.41, 5.74) is 3.34. The Morgan fingerprint density at radius 1 is 0.969 bits per heavy atom. The summed E-state index contributed by atoms with van der Waals surface area (Å²) in [4.78, 5) is 26.2. The molecule has 5 nitrogen and oxygen atoms in total. The van der Waals surface area contributed by atoms with Crippen LogP contribution in [-0.2, 0) is 0 Å². The highest BCUT2D eigenvalue weighted by Crippen LogP contribution is 2.28. The molecule has 0 radical (unpaired) electrons. The van der Waals surface area contributed by atoms with Crippen LogP contribution >= 0.6 is 11.6 Å². The molecule has 7 heteroatoms. The first-order valence-corrected chi connectivity index (χ1v) is 10.8. The number of hydrogen-bond acceptors (Lipinski definition) is 4. The first-order chi connectivity index (χ1) is 15.6. The lowest BCUT2D eigenvalue weighted by molar-refractivity contribution is 0.0748. The number of rotatable bonds is 3. The van der Waals surface area contributed by atoms with Crippen molar-refractivity contribution in [1.29, 1.82) is 0 Å². The van der Waals surface area contributed by atoms with Crippen molar-refractivity contribution in [1.82, 2.24) is 14.9 Å². The Hall–Kier alpha value is -3.51. The van der Waals surface area contributed by atoms with Crippen LogP contribution in [0, 0.1) is 5.82 Å². The highest BCUT2D eigenvalue weighted by molar-refractivity contribution is 6.31. The van der Waals surface area contributed by atoms with E-state index in [0.29, 0.717) is 59.0 Å².